The van der Waals surface area contributed by atoms with Crippen LogP contribution in [0.5, 0.6) is 0 Å². The van der Waals surface area contributed by atoms with Crippen LogP contribution in [0.4, 0.5) is 11.4 Å². The Morgan fingerprint density at radius 3 is 2.63 bits per heavy atom. The third-order valence-corrected chi connectivity index (χ3v) is 7.36. The molecule has 0 bridgehead atoms. The van der Waals surface area contributed by atoms with E-state index in [4.69, 9.17) is 10.7 Å². The van der Waals surface area contributed by atoms with E-state index in [1.54, 1.807) is 12.4 Å². The summed E-state index contributed by atoms with van der Waals surface area (Å²) in [6.45, 7) is 7.27. The summed E-state index contributed by atoms with van der Waals surface area (Å²) in [5.74, 6) is 0.00709. The Labute approximate surface area is 206 Å². The molecule has 4 heterocycles. The van der Waals surface area contributed by atoms with Crippen LogP contribution < -0.4 is 15.5 Å². The van der Waals surface area contributed by atoms with Crippen LogP contribution in [0.15, 0.2) is 48.8 Å². The number of hydrogen-bond donors (Lipinski definition) is 2. The molecular weight excluding hydrogens is 440 g/mol. The minimum Gasteiger partial charge on any atom is -0.391 e. The number of aliphatic hydroxyl groups excluding tert-OH is 1. The molecule has 5 rings (SSSR count). The number of likely N-dealkylation sites (N-methyl/N-ethyl adjacent to an activating group) is 1. The lowest BCUT2D eigenvalue weighted by molar-refractivity contribution is 0.0784. The van der Waals surface area contributed by atoms with Crippen molar-refractivity contribution >= 4 is 28.1 Å². The first-order valence-corrected chi connectivity index (χ1v) is 12.4. The van der Waals surface area contributed by atoms with Gasteiger partial charge < -0.3 is 25.5 Å². The normalized spacial score (nSPS) is 23.6. The molecule has 0 radical (unpaired) electrons. The Kier molecular flexibility index (Phi) is 6.69. The summed E-state index contributed by atoms with van der Waals surface area (Å²) in [5.41, 5.74) is 10.4. The van der Waals surface area contributed by atoms with Gasteiger partial charge in [-0.15, -0.1) is 0 Å². The summed E-state index contributed by atoms with van der Waals surface area (Å²) in [7, 11) is 2.15. The number of piperazine rings is 1. The number of aliphatic hydroxyl groups is 1. The van der Waals surface area contributed by atoms with Crippen molar-refractivity contribution in [2.24, 2.45) is 11.7 Å². The number of nitrogens with zero attached hydrogens (tertiary/aromatic N) is 5. The molecule has 2 aliphatic heterocycles. The molecule has 3 atom stereocenters. The lowest BCUT2D eigenvalue weighted by Crippen LogP contribution is -2.55. The highest BCUT2D eigenvalue weighted by Gasteiger charge is 2.32. The number of Topliss-reactive ketones (excluding diaryl/α,β-unsaturated/α-hetero) is 1. The minimum absolute atomic E-state index is 0.0412. The van der Waals surface area contributed by atoms with Crippen molar-refractivity contribution in [1.29, 1.82) is 0 Å². The average molecular weight is 475 g/mol. The zero-order valence-corrected chi connectivity index (χ0v) is 20.5. The molecule has 184 valence electrons. The second kappa shape index (κ2) is 9.89. The number of piperidine rings is 1. The van der Waals surface area contributed by atoms with E-state index in [0.29, 0.717) is 18.8 Å². The van der Waals surface area contributed by atoms with Gasteiger partial charge in [0.15, 0.2) is 5.78 Å². The Morgan fingerprint density at radius 1 is 1.09 bits per heavy atom. The first-order chi connectivity index (χ1) is 16.9. The maximum absolute atomic E-state index is 13.3. The number of carbonyl (C=O) groups is 1. The zero-order valence-electron chi connectivity index (χ0n) is 20.5. The summed E-state index contributed by atoms with van der Waals surface area (Å²) in [5, 5.41) is 11.3. The van der Waals surface area contributed by atoms with Crippen LogP contribution in [-0.4, -0.2) is 84.2 Å². The zero-order chi connectivity index (χ0) is 24.5. The van der Waals surface area contributed by atoms with Crippen LogP contribution in [0.25, 0.3) is 10.9 Å². The number of fused-ring (bicyclic) bond motifs is 1. The molecule has 0 aliphatic carbocycles. The highest BCUT2D eigenvalue weighted by atomic mass is 16.3. The van der Waals surface area contributed by atoms with E-state index in [1.165, 1.54) is 0 Å². The third-order valence-electron chi connectivity index (χ3n) is 7.36. The van der Waals surface area contributed by atoms with E-state index >= 15 is 0 Å². The number of aromatic nitrogens is 2. The molecule has 2 saturated heterocycles. The quantitative estimate of drug-likeness (QED) is 0.542. The Hall–Kier alpha value is -3.07. The van der Waals surface area contributed by atoms with E-state index in [2.05, 4.69) is 44.9 Å². The molecule has 8 heteroatoms. The number of ketones is 1. The van der Waals surface area contributed by atoms with Gasteiger partial charge in [0.25, 0.3) is 0 Å². The number of pyridine rings is 2. The number of carbonyl (C=O) groups excluding carboxylic acids is 1. The summed E-state index contributed by atoms with van der Waals surface area (Å²) >= 11 is 0. The van der Waals surface area contributed by atoms with Crippen molar-refractivity contribution in [2.45, 2.75) is 25.5 Å². The lowest BCUT2D eigenvalue weighted by Gasteiger charge is -2.40. The number of rotatable bonds is 5. The predicted molar refractivity (Wildman–Crippen MR) is 139 cm³/mol. The number of hydrogen-bond acceptors (Lipinski definition) is 8. The van der Waals surface area contributed by atoms with Crippen molar-refractivity contribution in [3.8, 4) is 0 Å². The summed E-state index contributed by atoms with van der Waals surface area (Å²) in [6, 6.07) is 11.7. The largest absolute Gasteiger partial charge is 0.391 e. The monoisotopic (exact) mass is 474 g/mol. The molecule has 2 aliphatic rings. The summed E-state index contributed by atoms with van der Waals surface area (Å²) < 4.78 is 0. The van der Waals surface area contributed by atoms with Crippen molar-refractivity contribution in [3.63, 3.8) is 0 Å². The fourth-order valence-corrected chi connectivity index (χ4v) is 5.16. The van der Waals surface area contributed by atoms with Crippen LogP contribution >= 0.6 is 0 Å². The van der Waals surface area contributed by atoms with Crippen LogP contribution in [0.1, 0.15) is 23.0 Å². The van der Waals surface area contributed by atoms with Gasteiger partial charge in [0.2, 0.25) is 0 Å². The van der Waals surface area contributed by atoms with Crippen LogP contribution in [0, 0.1) is 5.92 Å². The summed E-state index contributed by atoms with van der Waals surface area (Å²) in [6.07, 6.45) is 3.18. The summed E-state index contributed by atoms with van der Waals surface area (Å²) in [4.78, 5) is 29.2. The smallest absolute Gasteiger partial charge is 0.185 e. The molecule has 2 aromatic heterocycles. The van der Waals surface area contributed by atoms with Crippen molar-refractivity contribution in [1.82, 2.24) is 14.9 Å². The molecule has 0 saturated carbocycles. The highest BCUT2D eigenvalue weighted by Crippen LogP contribution is 2.27. The van der Waals surface area contributed by atoms with Gasteiger partial charge in [-0.05, 0) is 31.3 Å². The van der Waals surface area contributed by atoms with Crippen molar-refractivity contribution in [3.05, 3.63) is 60.0 Å². The number of nitrogens with two attached hydrogens (primary N) is 1. The SMILES string of the molecule is C[C@H]1CN(c2ccncc2CC(=O)c2ccc3ccc(N4CCN(C)CC4)cc3n2)C[C@@H](N)[C@@H]1O. The standard InChI is InChI=1S/C27H34N6O2/c1-18-16-33(17-22(28)27(18)35)25-7-8-29-15-20(25)13-26(34)23-6-4-19-3-5-21(14-24(19)30-23)32-11-9-31(2)10-12-32/h3-8,14-15,18,22,27,35H,9-13,16-17,28H2,1-2H3/t18-,22+,27+/m0/s1. The van der Waals surface area contributed by atoms with E-state index < -0.39 is 6.10 Å². The first-order valence-electron chi connectivity index (χ1n) is 12.4. The van der Waals surface area contributed by atoms with Crippen LogP contribution in [0.2, 0.25) is 0 Å². The molecule has 0 unspecified atom stereocenters. The van der Waals surface area contributed by atoms with Crippen molar-refractivity contribution in [2.75, 3.05) is 56.1 Å². The lowest BCUT2D eigenvalue weighted by atomic mass is 9.92. The Morgan fingerprint density at radius 2 is 1.86 bits per heavy atom. The topological polar surface area (TPSA) is 98.8 Å². The molecule has 35 heavy (non-hydrogen) atoms. The number of anilines is 2. The Bertz CT molecular complexity index is 1200. The van der Waals surface area contributed by atoms with E-state index in [0.717, 1.165) is 54.0 Å². The van der Waals surface area contributed by atoms with E-state index in [1.807, 2.05) is 25.1 Å². The highest BCUT2D eigenvalue weighted by molar-refractivity contribution is 5.98. The van der Waals surface area contributed by atoms with Gasteiger partial charge in [0, 0.05) is 92.4 Å². The molecule has 3 N–H and O–H groups in total. The molecule has 1 aromatic carbocycles. The minimum atomic E-state index is -0.518. The van der Waals surface area contributed by atoms with Gasteiger partial charge in [-0.2, -0.15) is 0 Å². The maximum atomic E-state index is 13.3. The van der Waals surface area contributed by atoms with Gasteiger partial charge in [-0.3, -0.25) is 9.78 Å². The molecule has 0 spiro atoms. The van der Waals surface area contributed by atoms with Gasteiger partial charge in [0.05, 0.1) is 11.6 Å². The number of benzene rings is 1. The first kappa shape index (κ1) is 23.7. The fraction of sp³-hybridized carbons (Fsp3) is 0.444. The van der Waals surface area contributed by atoms with Crippen LogP contribution in [-0.2, 0) is 6.42 Å². The fourth-order valence-electron chi connectivity index (χ4n) is 5.16. The second-order valence-electron chi connectivity index (χ2n) is 10.0. The molecular formula is C27H34N6O2. The average Bonchev–Trinajstić information content (AvgIpc) is 2.87. The maximum Gasteiger partial charge on any atom is 0.185 e. The predicted octanol–water partition coefficient (Wildman–Crippen LogP) is 1.95. The Balaban J connectivity index is 1.36. The molecule has 8 nitrogen and oxygen atoms in total. The van der Waals surface area contributed by atoms with Crippen molar-refractivity contribution < 1.29 is 9.90 Å². The molecule has 0 amide bonds. The van der Waals surface area contributed by atoms with E-state index in [9.17, 15) is 9.90 Å². The van der Waals surface area contributed by atoms with Gasteiger partial charge >= 0.3 is 0 Å². The third kappa shape index (κ3) is 5.00. The van der Waals surface area contributed by atoms with Crippen LogP contribution in [0.3, 0.4) is 0 Å². The van der Waals surface area contributed by atoms with Gasteiger partial charge in [-0.1, -0.05) is 19.1 Å². The second-order valence-corrected chi connectivity index (χ2v) is 10.0. The van der Waals surface area contributed by atoms with E-state index in [-0.39, 0.29) is 24.2 Å². The van der Waals surface area contributed by atoms with Gasteiger partial charge in [-0.25, -0.2) is 4.98 Å². The van der Waals surface area contributed by atoms with Gasteiger partial charge in [0.1, 0.15) is 5.69 Å². The molecule has 3 aromatic rings. The molecule has 2 fully saturated rings.